The van der Waals surface area contributed by atoms with Gasteiger partial charge in [0.05, 0.1) is 5.69 Å². The molecule has 3 aromatic rings. The van der Waals surface area contributed by atoms with Crippen LogP contribution in [0.3, 0.4) is 0 Å². The van der Waals surface area contributed by atoms with E-state index in [9.17, 15) is 4.91 Å². The molecule has 0 radical (unpaired) electrons. The van der Waals surface area contributed by atoms with Gasteiger partial charge in [0.15, 0.2) is 0 Å². The zero-order chi connectivity index (χ0) is 13.9. The predicted molar refractivity (Wildman–Crippen MR) is 81.7 cm³/mol. The largest absolute Gasteiger partial charge is 0.235 e. The lowest BCUT2D eigenvalue weighted by atomic mass is 10.0. The summed E-state index contributed by atoms with van der Waals surface area (Å²) in [6.07, 6.45) is 0. The van der Waals surface area contributed by atoms with Crippen molar-refractivity contribution in [2.45, 2.75) is 6.54 Å². The zero-order valence-electron chi connectivity index (χ0n) is 10.6. The van der Waals surface area contributed by atoms with E-state index in [0.29, 0.717) is 10.7 Å². The van der Waals surface area contributed by atoms with Crippen molar-refractivity contribution in [1.29, 1.82) is 0 Å². The van der Waals surface area contributed by atoms with Gasteiger partial charge < -0.3 is 0 Å². The van der Waals surface area contributed by atoms with Crippen molar-refractivity contribution in [2.75, 3.05) is 0 Å². The van der Waals surface area contributed by atoms with Crippen LogP contribution in [0.5, 0.6) is 0 Å². The molecule has 0 N–H and O–H groups in total. The van der Waals surface area contributed by atoms with Crippen molar-refractivity contribution < 1.29 is 0 Å². The summed E-state index contributed by atoms with van der Waals surface area (Å²) < 4.78 is 0. The summed E-state index contributed by atoms with van der Waals surface area (Å²) in [5, 5.41) is 5.18. The van der Waals surface area contributed by atoms with E-state index < -0.39 is 0 Å². The summed E-state index contributed by atoms with van der Waals surface area (Å²) in [5.41, 5.74) is 2.49. The Balaban J connectivity index is 2.35. The standard InChI is InChI=1S/C16H11ClN2O/c17-16-14(10-18-20)12-8-4-5-9-13(12)15(19-16)11-6-2-1-3-7-11/h1-9H,10H2. The number of nitrogens with zero attached hydrogens (tertiary/aromatic N) is 2. The zero-order valence-corrected chi connectivity index (χ0v) is 11.3. The molecule has 3 rings (SSSR count). The van der Waals surface area contributed by atoms with Gasteiger partial charge in [-0.25, -0.2) is 4.98 Å². The smallest absolute Gasteiger partial charge is 0.135 e. The van der Waals surface area contributed by atoms with Crippen molar-refractivity contribution in [3.8, 4) is 11.3 Å². The fraction of sp³-hybridized carbons (Fsp3) is 0.0625. The molecule has 0 aliphatic carbocycles. The van der Waals surface area contributed by atoms with Gasteiger partial charge in [-0.3, -0.25) is 0 Å². The van der Waals surface area contributed by atoms with Gasteiger partial charge >= 0.3 is 0 Å². The first-order chi connectivity index (χ1) is 9.81. The van der Waals surface area contributed by atoms with E-state index in [1.807, 2.05) is 54.6 Å². The molecule has 0 saturated heterocycles. The molecule has 0 aliphatic heterocycles. The Labute approximate surface area is 121 Å². The van der Waals surface area contributed by atoms with Crippen LogP contribution in [0.1, 0.15) is 5.56 Å². The minimum Gasteiger partial charge on any atom is -0.235 e. The SMILES string of the molecule is O=NCc1c(Cl)nc(-c2ccccc2)c2ccccc12. The number of aromatic nitrogens is 1. The molecular weight excluding hydrogens is 272 g/mol. The third-order valence-corrected chi connectivity index (χ3v) is 3.55. The van der Waals surface area contributed by atoms with Crippen LogP contribution in [-0.2, 0) is 6.54 Å². The molecule has 0 atom stereocenters. The molecule has 0 amide bonds. The maximum Gasteiger partial charge on any atom is 0.135 e. The Morgan fingerprint density at radius 1 is 0.950 bits per heavy atom. The fourth-order valence-corrected chi connectivity index (χ4v) is 2.57. The first kappa shape index (κ1) is 12.8. The number of rotatable bonds is 3. The van der Waals surface area contributed by atoms with Crippen LogP contribution in [0.4, 0.5) is 0 Å². The summed E-state index contributed by atoms with van der Waals surface area (Å²) in [4.78, 5) is 15.0. The average Bonchev–Trinajstić information content (AvgIpc) is 2.51. The lowest BCUT2D eigenvalue weighted by Crippen LogP contribution is -1.94. The first-order valence-electron chi connectivity index (χ1n) is 6.23. The van der Waals surface area contributed by atoms with E-state index in [-0.39, 0.29) is 6.54 Å². The van der Waals surface area contributed by atoms with Crippen molar-refractivity contribution >= 4 is 22.4 Å². The summed E-state index contributed by atoms with van der Waals surface area (Å²) in [6.45, 7) is 0.0292. The van der Waals surface area contributed by atoms with E-state index >= 15 is 0 Å². The monoisotopic (exact) mass is 282 g/mol. The Hall–Kier alpha value is -2.26. The maximum absolute atomic E-state index is 10.6. The summed E-state index contributed by atoms with van der Waals surface area (Å²) in [5.74, 6) is 0. The molecule has 1 aromatic heterocycles. The van der Waals surface area contributed by atoms with Crippen LogP contribution in [0.2, 0.25) is 5.15 Å². The number of fused-ring (bicyclic) bond motifs is 1. The average molecular weight is 283 g/mol. The number of benzene rings is 2. The normalized spacial score (nSPS) is 10.7. The van der Waals surface area contributed by atoms with Crippen LogP contribution < -0.4 is 0 Å². The van der Waals surface area contributed by atoms with Crippen LogP contribution in [0, 0.1) is 4.91 Å². The molecule has 0 bridgehead atoms. The Morgan fingerprint density at radius 2 is 1.60 bits per heavy atom. The molecule has 20 heavy (non-hydrogen) atoms. The van der Waals surface area contributed by atoms with Gasteiger partial charge in [0.1, 0.15) is 11.7 Å². The summed E-state index contributed by atoms with van der Waals surface area (Å²) >= 11 is 6.23. The molecule has 1 heterocycles. The molecule has 4 heteroatoms. The van der Waals surface area contributed by atoms with Gasteiger partial charge in [0.25, 0.3) is 0 Å². The van der Waals surface area contributed by atoms with E-state index in [1.165, 1.54) is 0 Å². The summed E-state index contributed by atoms with van der Waals surface area (Å²) in [6, 6.07) is 17.6. The highest BCUT2D eigenvalue weighted by Gasteiger charge is 2.13. The molecule has 3 nitrogen and oxygen atoms in total. The molecule has 2 aromatic carbocycles. The lowest BCUT2D eigenvalue weighted by Gasteiger charge is -2.10. The first-order valence-corrected chi connectivity index (χ1v) is 6.60. The molecule has 0 aliphatic rings. The van der Waals surface area contributed by atoms with Crippen molar-refractivity contribution in [3.05, 3.63) is 70.2 Å². The number of nitroso groups, excluding NO2 is 1. The number of hydrogen-bond acceptors (Lipinski definition) is 3. The van der Waals surface area contributed by atoms with Gasteiger partial charge in [0.2, 0.25) is 0 Å². The summed E-state index contributed by atoms with van der Waals surface area (Å²) in [7, 11) is 0. The molecule has 0 unspecified atom stereocenters. The molecule has 98 valence electrons. The van der Waals surface area contributed by atoms with Crippen LogP contribution in [-0.4, -0.2) is 4.98 Å². The van der Waals surface area contributed by atoms with Gasteiger partial charge in [-0.1, -0.05) is 71.4 Å². The second-order valence-electron chi connectivity index (χ2n) is 4.43. The molecular formula is C16H11ClN2O. The van der Waals surface area contributed by atoms with Gasteiger partial charge in [0, 0.05) is 16.5 Å². The highest BCUT2D eigenvalue weighted by atomic mass is 35.5. The van der Waals surface area contributed by atoms with E-state index in [0.717, 1.165) is 22.0 Å². The third kappa shape index (κ3) is 2.17. The van der Waals surface area contributed by atoms with Crippen molar-refractivity contribution in [2.24, 2.45) is 5.18 Å². The topological polar surface area (TPSA) is 42.3 Å². The Bertz CT molecular complexity index is 772. The Kier molecular flexibility index (Phi) is 3.44. The van der Waals surface area contributed by atoms with E-state index in [2.05, 4.69) is 10.2 Å². The highest BCUT2D eigenvalue weighted by Crippen LogP contribution is 2.32. The van der Waals surface area contributed by atoms with E-state index in [1.54, 1.807) is 0 Å². The Morgan fingerprint density at radius 3 is 2.30 bits per heavy atom. The second kappa shape index (κ2) is 5.39. The lowest BCUT2D eigenvalue weighted by molar-refractivity contribution is 1.05. The van der Waals surface area contributed by atoms with E-state index in [4.69, 9.17) is 11.6 Å². The molecule has 0 fully saturated rings. The van der Waals surface area contributed by atoms with Crippen LogP contribution in [0.25, 0.3) is 22.0 Å². The minimum atomic E-state index is 0.0292. The van der Waals surface area contributed by atoms with Crippen molar-refractivity contribution in [3.63, 3.8) is 0 Å². The van der Waals surface area contributed by atoms with Crippen LogP contribution >= 0.6 is 11.6 Å². The highest BCUT2D eigenvalue weighted by molar-refractivity contribution is 6.31. The van der Waals surface area contributed by atoms with Gasteiger partial charge in [-0.15, -0.1) is 0 Å². The molecule has 0 saturated carbocycles. The number of hydrogen-bond donors (Lipinski definition) is 0. The van der Waals surface area contributed by atoms with Gasteiger partial charge in [-0.05, 0) is 5.39 Å². The number of pyridine rings is 1. The number of halogens is 1. The fourth-order valence-electron chi connectivity index (χ4n) is 2.32. The van der Waals surface area contributed by atoms with Crippen molar-refractivity contribution in [1.82, 2.24) is 4.98 Å². The molecule has 0 spiro atoms. The predicted octanol–water partition coefficient (Wildman–Crippen LogP) is 4.82. The van der Waals surface area contributed by atoms with Gasteiger partial charge in [-0.2, -0.15) is 4.91 Å². The maximum atomic E-state index is 10.6. The van der Waals surface area contributed by atoms with Crippen LogP contribution in [0.15, 0.2) is 59.8 Å². The quantitative estimate of drug-likeness (QED) is 0.510. The second-order valence-corrected chi connectivity index (χ2v) is 4.79. The minimum absolute atomic E-state index is 0.0292. The third-order valence-electron chi connectivity index (χ3n) is 3.24.